The fourth-order valence-electron chi connectivity index (χ4n) is 2.04. The molecule has 0 unspecified atom stereocenters. The largest absolute Gasteiger partial charge is 0.490 e. The third kappa shape index (κ3) is 4.35. The first-order valence-corrected chi connectivity index (χ1v) is 7.25. The van der Waals surface area contributed by atoms with Crippen LogP contribution >= 0.6 is 0 Å². The van der Waals surface area contributed by atoms with E-state index in [1.54, 1.807) is 0 Å². The lowest BCUT2D eigenvalue weighted by Gasteiger charge is -2.17. The Morgan fingerprint density at radius 3 is 2.37 bits per heavy atom. The van der Waals surface area contributed by atoms with Crippen molar-refractivity contribution in [1.29, 1.82) is 0 Å². The summed E-state index contributed by atoms with van der Waals surface area (Å²) in [4.78, 5) is 14.3. The highest BCUT2D eigenvalue weighted by Gasteiger charge is 2.23. The number of carbonyl (C=O) groups is 1. The van der Waals surface area contributed by atoms with Gasteiger partial charge in [0.2, 0.25) is 0 Å². The minimum Gasteiger partial charge on any atom is -0.490 e. The number of hydrogen-bond acceptors (Lipinski definition) is 3. The Hall–Kier alpha value is -1.35. The number of ether oxygens (including phenoxy) is 1. The molecule has 19 heavy (non-hydrogen) atoms. The Balaban J connectivity index is 1.84. The van der Waals surface area contributed by atoms with Crippen LogP contribution in [-0.2, 0) is 0 Å². The highest BCUT2D eigenvalue weighted by molar-refractivity contribution is 5.96. The van der Waals surface area contributed by atoms with Gasteiger partial charge in [-0.3, -0.25) is 4.79 Å². The smallest absolute Gasteiger partial charge is 0.164 e. The fourth-order valence-corrected chi connectivity index (χ4v) is 2.04. The van der Waals surface area contributed by atoms with E-state index in [-0.39, 0.29) is 5.78 Å². The van der Waals surface area contributed by atoms with E-state index in [4.69, 9.17) is 4.74 Å². The zero-order chi connectivity index (χ0) is 13.7. The molecule has 0 bridgehead atoms. The van der Waals surface area contributed by atoms with Crippen LogP contribution in [0.15, 0.2) is 24.3 Å². The maximum absolute atomic E-state index is 12.1. The number of Topliss-reactive ketones (excluding diaryl/α,β-unsaturated/α-hetero) is 1. The molecule has 0 N–H and O–H groups in total. The molecule has 0 saturated heterocycles. The molecule has 0 radical (unpaired) electrons. The number of benzene rings is 1. The molecule has 1 saturated carbocycles. The average Bonchev–Trinajstić information content (AvgIpc) is 3.24. The van der Waals surface area contributed by atoms with Crippen molar-refractivity contribution in [2.24, 2.45) is 0 Å². The second kappa shape index (κ2) is 6.71. The minimum absolute atomic E-state index is 0.213. The SMILES string of the molecule is CCN(CC)CCC(=O)c1ccc(OC2CC2)cc1. The molecule has 0 atom stereocenters. The van der Waals surface area contributed by atoms with E-state index in [9.17, 15) is 4.79 Å². The molecule has 1 aromatic carbocycles. The summed E-state index contributed by atoms with van der Waals surface area (Å²) in [6.07, 6.45) is 3.31. The Morgan fingerprint density at radius 1 is 1.21 bits per heavy atom. The molecule has 3 nitrogen and oxygen atoms in total. The normalized spacial score (nSPS) is 14.7. The molecule has 0 spiro atoms. The molecule has 104 valence electrons. The van der Waals surface area contributed by atoms with Gasteiger partial charge < -0.3 is 9.64 Å². The molecule has 1 aliphatic rings. The Morgan fingerprint density at radius 2 is 1.84 bits per heavy atom. The van der Waals surface area contributed by atoms with Gasteiger partial charge in [-0.25, -0.2) is 0 Å². The first kappa shape index (κ1) is 14.1. The van der Waals surface area contributed by atoms with E-state index in [1.807, 2.05) is 24.3 Å². The molecule has 0 aromatic heterocycles. The second-order valence-electron chi connectivity index (χ2n) is 5.04. The van der Waals surface area contributed by atoms with Gasteiger partial charge in [0, 0.05) is 18.5 Å². The lowest BCUT2D eigenvalue weighted by molar-refractivity contribution is 0.0966. The third-order valence-corrected chi connectivity index (χ3v) is 3.55. The summed E-state index contributed by atoms with van der Waals surface area (Å²) in [6.45, 7) is 7.08. The first-order chi connectivity index (χ1) is 9.22. The van der Waals surface area contributed by atoms with Crippen LogP contribution in [0.5, 0.6) is 5.75 Å². The topological polar surface area (TPSA) is 29.5 Å². The molecule has 0 amide bonds. The lowest BCUT2D eigenvalue weighted by Crippen LogP contribution is -2.25. The molecule has 0 aliphatic heterocycles. The van der Waals surface area contributed by atoms with Crippen molar-refractivity contribution < 1.29 is 9.53 Å². The second-order valence-corrected chi connectivity index (χ2v) is 5.04. The van der Waals surface area contributed by atoms with Gasteiger partial charge in [0.15, 0.2) is 5.78 Å². The van der Waals surface area contributed by atoms with Crippen LogP contribution in [0.3, 0.4) is 0 Å². The highest BCUT2D eigenvalue weighted by Crippen LogP contribution is 2.26. The molecular formula is C16H23NO2. The average molecular weight is 261 g/mol. The van der Waals surface area contributed by atoms with Crippen LogP contribution in [0, 0.1) is 0 Å². The Bertz CT molecular complexity index is 405. The van der Waals surface area contributed by atoms with Crippen LogP contribution in [0.4, 0.5) is 0 Å². The van der Waals surface area contributed by atoms with Gasteiger partial charge in [0.1, 0.15) is 5.75 Å². The van der Waals surface area contributed by atoms with E-state index < -0.39 is 0 Å². The number of hydrogen-bond donors (Lipinski definition) is 0. The van der Waals surface area contributed by atoms with E-state index in [2.05, 4.69) is 18.7 Å². The van der Waals surface area contributed by atoms with Gasteiger partial charge in [-0.1, -0.05) is 13.8 Å². The van der Waals surface area contributed by atoms with Crippen molar-refractivity contribution >= 4 is 5.78 Å². The Labute approximate surface area is 115 Å². The van der Waals surface area contributed by atoms with Crippen molar-refractivity contribution in [1.82, 2.24) is 4.90 Å². The number of rotatable bonds is 8. The van der Waals surface area contributed by atoms with Crippen molar-refractivity contribution in [3.8, 4) is 5.75 Å². The summed E-state index contributed by atoms with van der Waals surface area (Å²) < 4.78 is 5.67. The first-order valence-electron chi connectivity index (χ1n) is 7.25. The summed E-state index contributed by atoms with van der Waals surface area (Å²) in [7, 11) is 0. The van der Waals surface area contributed by atoms with E-state index in [0.717, 1.165) is 43.8 Å². The van der Waals surface area contributed by atoms with Gasteiger partial charge in [0.05, 0.1) is 6.10 Å². The zero-order valence-corrected chi connectivity index (χ0v) is 11.9. The van der Waals surface area contributed by atoms with Crippen LogP contribution in [0.2, 0.25) is 0 Å². The van der Waals surface area contributed by atoms with Gasteiger partial charge in [-0.15, -0.1) is 0 Å². The summed E-state index contributed by atoms with van der Waals surface area (Å²) in [5.74, 6) is 1.09. The van der Waals surface area contributed by atoms with Crippen molar-refractivity contribution in [2.45, 2.75) is 39.2 Å². The highest BCUT2D eigenvalue weighted by atomic mass is 16.5. The zero-order valence-electron chi connectivity index (χ0n) is 11.9. The van der Waals surface area contributed by atoms with Crippen LogP contribution in [0.25, 0.3) is 0 Å². The van der Waals surface area contributed by atoms with Crippen molar-refractivity contribution in [3.05, 3.63) is 29.8 Å². The third-order valence-electron chi connectivity index (χ3n) is 3.55. The molecule has 1 fully saturated rings. The maximum Gasteiger partial charge on any atom is 0.164 e. The lowest BCUT2D eigenvalue weighted by atomic mass is 10.1. The summed E-state index contributed by atoms with van der Waals surface area (Å²) in [6, 6.07) is 7.57. The summed E-state index contributed by atoms with van der Waals surface area (Å²) in [5.41, 5.74) is 0.787. The quantitative estimate of drug-likeness (QED) is 0.673. The number of carbonyl (C=O) groups excluding carboxylic acids is 1. The molecular weight excluding hydrogens is 238 g/mol. The molecule has 3 heteroatoms. The molecule has 1 aromatic rings. The monoisotopic (exact) mass is 261 g/mol. The summed E-state index contributed by atoms with van der Waals surface area (Å²) in [5, 5.41) is 0. The van der Waals surface area contributed by atoms with Gasteiger partial charge in [-0.2, -0.15) is 0 Å². The van der Waals surface area contributed by atoms with E-state index >= 15 is 0 Å². The molecule has 0 heterocycles. The number of ketones is 1. The standard InChI is InChI=1S/C16H23NO2/c1-3-17(4-2)12-11-16(18)13-5-7-14(8-6-13)19-15-9-10-15/h5-8,15H,3-4,9-12H2,1-2H3. The van der Waals surface area contributed by atoms with Crippen LogP contribution in [-0.4, -0.2) is 36.4 Å². The number of nitrogens with zero attached hydrogens (tertiary/aromatic N) is 1. The van der Waals surface area contributed by atoms with Crippen LogP contribution in [0.1, 0.15) is 43.5 Å². The van der Waals surface area contributed by atoms with Gasteiger partial charge in [0.25, 0.3) is 0 Å². The minimum atomic E-state index is 0.213. The molecule has 1 aliphatic carbocycles. The maximum atomic E-state index is 12.1. The predicted molar refractivity (Wildman–Crippen MR) is 76.8 cm³/mol. The predicted octanol–water partition coefficient (Wildman–Crippen LogP) is 3.14. The van der Waals surface area contributed by atoms with Crippen molar-refractivity contribution in [3.63, 3.8) is 0 Å². The van der Waals surface area contributed by atoms with Crippen molar-refractivity contribution in [2.75, 3.05) is 19.6 Å². The van der Waals surface area contributed by atoms with Gasteiger partial charge >= 0.3 is 0 Å². The van der Waals surface area contributed by atoms with E-state index in [1.165, 1.54) is 0 Å². The molecule has 2 rings (SSSR count). The van der Waals surface area contributed by atoms with Crippen LogP contribution < -0.4 is 4.74 Å². The van der Waals surface area contributed by atoms with Gasteiger partial charge in [-0.05, 0) is 50.2 Å². The Kier molecular flexibility index (Phi) is 4.97. The summed E-state index contributed by atoms with van der Waals surface area (Å²) >= 11 is 0. The van der Waals surface area contributed by atoms with E-state index in [0.29, 0.717) is 12.5 Å². The fraction of sp³-hybridized carbons (Fsp3) is 0.562.